The summed E-state index contributed by atoms with van der Waals surface area (Å²) in [6.45, 7) is 4.18. The van der Waals surface area contributed by atoms with Gasteiger partial charge in [-0.2, -0.15) is 0 Å². The van der Waals surface area contributed by atoms with Crippen molar-refractivity contribution in [1.29, 1.82) is 0 Å². The van der Waals surface area contributed by atoms with Crippen molar-refractivity contribution in [3.8, 4) is 0 Å². The van der Waals surface area contributed by atoms with Gasteiger partial charge in [-0.1, -0.05) is 0 Å². The number of hydrogen-bond acceptors (Lipinski definition) is 4. The summed E-state index contributed by atoms with van der Waals surface area (Å²) in [6.07, 6.45) is 2.16. The van der Waals surface area contributed by atoms with Crippen molar-refractivity contribution in [2.75, 3.05) is 20.4 Å². The van der Waals surface area contributed by atoms with Gasteiger partial charge in [0.05, 0.1) is 12.7 Å². The number of methoxy groups -OCH3 is 1. The second kappa shape index (κ2) is 4.10. The summed E-state index contributed by atoms with van der Waals surface area (Å²) < 4.78 is 27.9. The van der Waals surface area contributed by atoms with Gasteiger partial charge in [-0.15, -0.1) is 4.52 Å². The lowest BCUT2D eigenvalue weighted by atomic mass is 9.99. The zero-order chi connectivity index (χ0) is 11.1. The van der Waals surface area contributed by atoms with E-state index < -0.39 is 8.03 Å². The third-order valence-electron chi connectivity index (χ3n) is 3.48. The molecule has 1 heterocycles. The van der Waals surface area contributed by atoms with Crippen LogP contribution in [0.2, 0.25) is 0 Å². The highest BCUT2D eigenvalue weighted by Gasteiger charge is 2.61. The van der Waals surface area contributed by atoms with E-state index in [2.05, 4.69) is 6.92 Å². The largest absolute Gasteiger partial charge is 0.505 e. The van der Waals surface area contributed by atoms with Gasteiger partial charge in [-0.25, -0.2) is 0 Å². The van der Waals surface area contributed by atoms with Gasteiger partial charge in [-0.3, -0.25) is 0 Å². The number of rotatable bonds is 4. The highest BCUT2D eigenvalue weighted by atomic mass is 31.1. The molecule has 2 rings (SSSR count). The van der Waals surface area contributed by atoms with Crippen molar-refractivity contribution in [3.63, 3.8) is 0 Å². The van der Waals surface area contributed by atoms with Crippen LogP contribution in [0.3, 0.4) is 0 Å². The van der Waals surface area contributed by atoms with Crippen LogP contribution in [-0.4, -0.2) is 38.2 Å². The van der Waals surface area contributed by atoms with Crippen LogP contribution in [0.1, 0.15) is 19.8 Å². The fourth-order valence-corrected chi connectivity index (χ4v) is 3.59. The minimum atomic E-state index is -1.57. The Hall–Kier alpha value is -0.0200. The van der Waals surface area contributed by atoms with Crippen LogP contribution in [0.25, 0.3) is 0 Å². The predicted molar refractivity (Wildman–Crippen MR) is 56.3 cm³/mol. The van der Waals surface area contributed by atoms with Gasteiger partial charge in [0, 0.05) is 13.0 Å². The van der Waals surface area contributed by atoms with Gasteiger partial charge in [0.15, 0.2) is 6.66 Å². The van der Waals surface area contributed by atoms with Crippen molar-refractivity contribution in [3.05, 3.63) is 0 Å². The zero-order valence-electron chi connectivity index (χ0n) is 9.43. The van der Waals surface area contributed by atoms with Crippen molar-refractivity contribution in [1.82, 2.24) is 0 Å². The minimum absolute atomic E-state index is 0.0546. The molecule has 5 atom stereocenters. The molecule has 0 aromatic heterocycles. The summed E-state index contributed by atoms with van der Waals surface area (Å²) >= 11 is 0. The molecule has 0 aromatic carbocycles. The smallest absolute Gasteiger partial charge is 0.382 e. The Morgan fingerprint density at radius 1 is 1.60 bits per heavy atom. The minimum Gasteiger partial charge on any atom is -0.382 e. The molecule has 0 N–H and O–H groups in total. The normalized spacial score (nSPS) is 44.7. The van der Waals surface area contributed by atoms with E-state index in [4.69, 9.17) is 14.0 Å². The molecule has 0 aromatic rings. The molecule has 0 spiro atoms. The summed E-state index contributed by atoms with van der Waals surface area (Å²) in [6, 6.07) is 0. The van der Waals surface area contributed by atoms with Gasteiger partial charge in [0.25, 0.3) is 0 Å². The lowest BCUT2D eigenvalue weighted by Gasteiger charge is -2.29. The fraction of sp³-hybridized carbons (Fsp3) is 1.00. The van der Waals surface area contributed by atoms with E-state index in [9.17, 15) is 4.57 Å². The highest BCUT2D eigenvalue weighted by Crippen LogP contribution is 2.52. The average Bonchev–Trinajstić information content (AvgIpc) is 2.56. The molecular formula is C10H18O4P+. The average molecular weight is 233 g/mol. The summed E-state index contributed by atoms with van der Waals surface area (Å²) in [7, 11) is 0.0922. The summed E-state index contributed by atoms with van der Waals surface area (Å²) in [4.78, 5) is 0. The van der Waals surface area contributed by atoms with E-state index in [0.29, 0.717) is 12.5 Å². The maximum atomic E-state index is 11.2. The molecule has 0 radical (unpaired) electrons. The SMILES string of the molecule is COC[C@@]12CCC([C@H](C)O1)[C@H]2O[P+](C)=O. The number of fused-ring (bicyclic) bond motifs is 2. The molecule has 0 amide bonds. The predicted octanol–water partition coefficient (Wildman–Crippen LogP) is 1.96. The van der Waals surface area contributed by atoms with E-state index in [1.807, 2.05) is 0 Å². The Morgan fingerprint density at radius 3 is 2.87 bits per heavy atom. The molecule has 1 saturated heterocycles. The third kappa shape index (κ3) is 1.84. The van der Waals surface area contributed by atoms with E-state index in [1.165, 1.54) is 0 Å². The standard InChI is InChI=1S/C10H18O4P/c1-7-8-4-5-10(13-7,6-12-2)9(8)14-15(3)11/h7-9H,4-6H2,1-3H3/q+1/t7-,8?,9+,10+/m0/s1. The maximum absolute atomic E-state index is 11.2. The molecule has 2 aliphatic rings. The van der Waals surface area contributed by atoms with Crippen LogP contribution < -0.4 is 0 Å². The number of hydrogen-bond donors (Lipinski definition) is 0. The van der Waals surface area contributed by atoms with Gasteiger partial charge in [0.1, 0.15) is 11.7 Å². The quantitative estimate of drug-likeness (QED) is 0.696. The van der Waals surface area contributed by atoms with Gasteiger partial charge in [-0.05, 0) is 24.3 Å². The van der Waals surface area contributed by atoms with Crippen molar-refractivity contribution in [2.24, 2.45) is 5.92 Å². The summed E-state index contributed by atoms with van der Waals surface area (Å²) in [5.74, 6) is 0.374. The van der Waals surface area contributed by atoms with Gasteiger partial charge < -0.3 is 9.47 Å². The Labute approximate surface area is 91.1 Å². The molecule has 4 nitrogen and oxygen atoms in total. The molecule has 2 unspecified atom stereocenters. The van der Waals surface area contributed by atoms with E-state index in [-0.39, 0.29) is 17.8 Å². The monoisotopic (exact) mass is 233 g/mol. The molecule has 2 fully saturated rings. The van der Waals surface area contributed by atoms with Crippen LogP contribution in [-0.2, 0) is 18.6 Å². The second-order valence-corrected chi connectivity index (χ2v) is 5.58. The molecular weight excluding hydrogens is 215 g/mol. The molecule has 5 heteroatoms. The highest BCUT2D eigenvalue weighted by molar-refractivity contribution is 7.38. The van der Waals surface area contributed by atoms with Crippen molar-refractivity contribution in [2.45, 2.75) is 37.6 Å². The second-order valence-electron chi connectivity index (χ2n) is 4.49. The first-order valence-corrected chi connectivity index (χ1v) is 6.96. The van der Waals surface area contributed by atoms with Crippen LogP contribution in [0.4, 0.5) is 0 Å². The Balaban J connectivity index is 2.16. The fourth-order valence-electron chi connectivity index (χ4n) is 2.93. The first-order valence-electron chi connectivity index (χ1n) is 5.33. The van der Waals surface area contributed by atoms with Crippen molar-refractivity contribution < 1.29 is 18.6 Å². The van der Waals surface area contributed by atoms with E-state index in [0.717, 1.165) is 12.8 Å². The Kier molecular flexibility index (Phi) is 3.13. The summed E-state index contributed by atoms with van der Waals surface area (Å²) in [5, 5.41) is 0. The Morgan fingerprint density at radius 2 is 2.33 bits per heavy atom. The summed E-state index contributed by atoms with van der Waals surface area (Å²) in [5.41, 5.74) is -0.347. The maximum Gasteiger partial charge on any atom is 0.505 e. The Bertz CT molecular complexity index is 270. The lowest BCUT2D eigenvalue weighted by Crippen LogP contribution is -2.42. The molecule has 15 heavy (non-hydrogen) atoms. The molecule has 2 bridgehead atoms. The first-order chi connectivity index (χ1) is 7.09. The van der Waals surface area contributed by atoms with E-state index in [1.54, 1.807) is 13.8 Å². The zero-order valence-corrected chi connectivity index (χ0v) is 10.3. The molecule has 1 saturated carbocycles. The first kappa shape index (κ1) is 11.5. The molecule has 86 valence electrons. The molecule has 1 aliphatic heterocycles. The lowest BCUT2D eigenvalue weighted by molar-refractivity contribution is -0.115. The van der Waals surface area contributed by atoms with Crippen LogP contribution in [0, 0.1) is 5.92 Å². The molecule has 1 aliphatic carbocycles. The van der Waals surface area contributed by atoms with Crippen molar-refractivity contribution >= 4 is 8.03 Å². The van der Waals surface area contributed by atoms with Crippen LogP contribution in [0.5, 0.6) is 0 Å². The van der Waals surface area contributed by atoms with Crippen LogP contribution >= 0.6 is 8.03 Å². The third-order valence-corrected chi connectivity index (χ3v) is 4.01. The van der Waals surface area contributed by atoms with Crippen LogP contribution in [0.15, 0.2) is 0 Å². The van der Waals surface area contributed by atoms with Gasteiger partial charge in [0.2, 0.25) is 0 Å². The van der Waals surface area contributed by atoms with Gasteiger partial charge >= 0.3 is 8.03 Å². The topological polar surface area (TPSA) is 44.8 Å². The van der Waals surface area contributed by atoms with E-state index >= 15 is 0 Å². The number of ether oxygens (including phenoxy) is 2.